The first-order chi connectivity index (χ1) is 25.8. The van der Waals surface area contributed by atoms with Gasteiger partial charge in [0, 0.05) is 49.2 Å². The van der Waals surface area contributed by atoms with E-state index in [4.69, 9.17) is 19.4 Å². The average molecular weight is 665 g/mol. The minimum Gasteiger partial charge on any atom is -0.456 e. The molecule has 52 heavy (non-hydrogen) atoms. The maximum absolute atomic E-state index is 6.26. The van der Waals surface area contributed by atoms with E-state index in [0.29, 0.717) is 17.5 Å². The molecule has 0 saturated carbocycles. The van der Waals surface area contributed by atoms with E-state index in [0.717, 1.165) is 49.7 Å². The molecule has 4 aromatic heterocycles. The number of fused-ring (bicyclic) bond motifs is 11. The third kappa shape index (κ3) is 4.26. The number of aromatic nitrogens is 4. The van der Waals surface area contributed by atoms with Crippen LogP contribution < -0.4 is 0 Å². The number of hydrogen-bond donors (Lipinski definition) is 0. The van der Waals surface area contributed by atoms with Crippen LogP contribution in [0.1, 0.15) is 0 Å². The van der Waals surface area contributed by atoms with Crippen molar-refractivity contribution in [3.63, 3.8) is 0 Å². The molecule has 0 aliphatic heterocycles. The summed E-state index contributed by atoms with van der Waals surface area (Å²) in [6.45, 7) is 0. The van der Waals surface area contributed by atoms with Crippen LogP contribution in [0.25, 0.3) is 105 Å². The summed E-state index contributed by atoms with van der Waals surface area (Å²) in [5.41, 5.74) is 10.2. The van der Waals surface area contributed by atoms with Gasteiger partial charge in [0.15, 0.2) is 17.5 Å². The summed E-state index contributed by atoms with van der Waals surface area (Å²) in [5, 5.41) is 6.86. The van der Waals surface area contributed by atoms with Crippen LogP contribution in [0, 0.1) is 0 Å². The van der Waals surface area contributed by atoms with Gasteiger partial charge in [-0.2, -0.15) is 0 Å². The lowest BCUT2D eigenvalue weighted by molar-refractivity contribution is 0.669. The normalized spacial score (nSPS) is 11.8. The Balaban J connectivity index is 1.23. The molecule has 0 saturated heterocycles. The maximum Gasteiger partial charge on any atom is 0.164 e. The zero-order valence-corrected chi connectivity index (χ0v) is 27.9. The van der Waals surface area contributed by atoms with Crippen LogP contribution in [0.3, 0.4) is 0 Å². The van der Waals surface area contributed by atoms with E-state index in [1.807, 2.05) is 60.7 Å². The second-order valence-electron chi connectivity index (χ2n) is 13.2. The Hall–Kier alpha value is -7.11. The maximum atomic E-state index is 6.26. The first-order valence-electron chi connectivity index (χ1n) is 17.5. The van der Waals surface area contributed by atoms with Gasteiger partial charge in [-0.05, 0) is 35.2 Å². The molecule has 5 nitrogen and oxygen atoms in total. The molecule has 11 aromatic rings. The zero-order valence-electron chi connectivity index (χ0n) is 27.9. The first-order valence-corrected chi connectivity index (χ1v) is 17.5. The molecule has 5 heteroatoms. The highest BCUT2D eigenvalue weighted by Gasteiger charge is 2.22. The summed E-state index contributed by atoms with van der Waals surface area (Å²) in [6, 6.07) is 59.1. The summed E-state index contributed by atoms with van der Waals surface area (Å²) in [4.78, 5) is 15.5. The molecule has 0 bridgehead atoms. The number of pyridine rings is 1. The Kier molecular flexibility index (Phi) is 6.18. The summed E-state index contributed by atoms with van der Waals surface area (Å²) in [7, 11) is 0. The monoisotopic (exact) mass is 664 g/mol. The minimum absolute atomic E-state index is 0.600. The molecule has 0 atom stereocenters. The molecular weight excluding hydrogens is 637 g/mol. The average Bonchev–Trinajstić information content (AvgIpc) is 3.78. The largest absolute Gasteiger partial charge is 0.456 e. The molecule has 0 spiro atoms. The topological polar surface area (TPSA) is 56.2 Å². The summed E-state index contributed by atoms with van der Waals surface area (Å²) >= 11 is 0. The SMILES string of the molecule is c1ccc(-c2nc(-c3ccc4c(-c5ccccc5)c5c6ccccc6c6ccccc6n5c4c3)nc(-c3cccc4oc5ccccc5c34)n2)cc1. The Bertz CT molecular complexity index is 3180. The lowest BCUT2D eigenvalue weighted by atomic mass is 9.98. The van der Waals surface area contributed by atoms with Gasteiger partial charge in [-0.3, -0.25) is 0 Å². The lowest BCUT2D eigenvalue weighted by Gasteiger charge is -2.11. The van der Waals surface area contributed by atoms with Crippen LogP contribution in [-0.4, -0.2) is 19.4 Å². The van der Waals surface area contributed by atoms with E-state index >= 15 is 0 Å². The quantitative estimate of drug-likeness (QED) is 0.176. The highest BCUT2D eigenvalue weighted by atomic mass is 16.3. The highest BCUT2D eigenvalue weighted by molar-refractivity contribution is 6.22. The standard InChI is InChI=1S/C47H28N4O/c1-3-14-29(15-4-1)42-35-27-26-31(28-39(35)51-38-23-11-9-19-33(38)32-18-7-8-20-34(32)44(42)51)46-48-45(30-16-5-2-6-17-30)49-47(50-46)37-22-13-25-41-43(37)36-21-10-12-24-40(36)52-41/h1-28H. The molecule has 0 amide bonds. The van der Waals surface area contributed by atoms with Gasteiger partial charge in [-0.25, -0.2) is 15.0 Å². The minimum atomic E-state index is 0.600. The number of nitrogens with zero attached hydrogens (tertiary/aromatic N) is 4. The van der Waals surface area contributed by atoms with E-state index in [1.54, 1.807) is 0 Å². The van der Waals surface area contributed by atoms with Crippen LogP contribution in [0.4, 0.5) is 0 Å². The molecule has 0 unspecified atom stereocenters. The van der Waals surface area contributed by atoms with Crippen molar-refractivity contribution in [3.05, 3.63) is 170 Å². The molecule has 0 aliphatic rings. The van der Waals surface area contributed by atoms with Crippen molar-refractivity contribution in [2.75, 3.05) is 0 Å². The summed E-state index contributed by atoms with van der Waals surface area (Å²) < 4.78 is 8.69. The Morgan fingerprint density at radius 2 is 1.00 bits per heavy atom. The number of furan rings is 1. The van der Waals surface area contributed by atoms with Crippen molar-refractivity contribution in [1.82, 2.24) is 19.4 Å². The van der Waals surface area contributed by atoms with Crippen molar-refractivity contribution in [2.45, 2.75) is 0 Å². The van der Waals surface area contributed by atoms with Gasteiger partial charge < -0.3 is 8.82 Å². The first kappa shape index (κ1) is 28.7. The van der Waals surface area contributed by atoms with Crippen molar-refractivity contribution < 1.29 is 4.42 Å². The predicted octanol–water partition coefficient (Wildman–Crippen LogP) is 12.2. The lowest BCUT2D eigenvalue weighted by Crippen LogP contribution is -2.00. The second kappa shape index (κ2) is 11.2. The number of benzene rings is 7. The fraction of sp³-hybridized carbons (Fsp3) is 0. The van der Waals surface area contributed by atoms with E-state index < -0.39 is 0 Å². The molecule has 4 heterocycles. The van der Waals surface area contributed by atoms with Crippen LogP contribution in [0.5, 0.6) is 0 Å². The van der Waals surface area contributed by atoms with Gasteiger partial charge in [-0.1, -0.05) is 146 Å². The Morgan fingerprint density at radius 1 is 0.385 bits per heavy atom. The molecule has 242 valence electrons. The fourth-order valence-electron chi connectivity index (χ4n) is 7.95. The van der Waals surface area contributed by atoms with Crippen LogP contribution in [0.2, 0.25) is 0 Å². The van der Waals surface area contributed by atoms with Gasteiger partial charge in [0.1, 0.15) is 11.2 Å². The van der Waals surface area contributed by atoms with Crippen molar-refractivity contribution in [3.8, 4) is 45.3 Å². The van der Waals surface area contributed by atoms with E-state index in [2.05, 4.69) is 114 Å². The molecule has 0 fully saturated rings. The number of hydrogen-bond acceptors (Lipinski definition) is 4. The third-order valence-corrected chi connectivity index (χ3v) is 10.2. The second-order valence-corrected chi connectivity index (χ2v) is 13.2. The molecule has 11 rings (SSSR count). The fourth-order valence-corrected chi connectivity index (χ4v) is 7.95. The molecule has 0 radical (unpaired) electrons. The molecule has 0 aliphatic carbocycles. The smallest absolute Gasteiger partial charge is 0.164 e. The summed E-state index contributed by atoms with van der Waals surface area (Å²) in [5.74, 6) is 1.83. The highest BCUT2D eigenvalue weighted by Crippen LogP contribution is 2.43. The third-order valence-electron chi connectivity index (χ3n) is 10.2. The molecule has 7 aromatic carbocycles. The van der Waals surface area contributed by atoms with Crippen molar-refractivity contribution in [2.24, 2.45) is 0 Å². The Morgan fingerprint density at radius 3 is 1.81 bits per heavy atom. The molecule has 0 N–H and O–H groups in total. The van der Waals surface area contributed by atoms with Crippen LogP contribution in [-0.2, 0) is 0 Å². The van der Waals surface area contributed by atoms with Crippen molar-refractivity contribution >= 4 is 60.0 Å². The van der Waals surface area contributed by atoms with E-state index in [9.17, 15) is 0 Å². The molecular formula is C47H28N4O. The van der Waals surface area contributed by atoms with Crippen LogP contribution >= 0.6 is 0 Å². The van der Waals surface area contributed by atoms with Gasteiger partial charge in [0.25, 0.3) is 0 Å². The van der Waals surface area contributed by atoms with Gasteiger partial charge in [0.05, 0.1) is 16.6 Å². The van der Waals surface area contributed by atoms with Gasteiger partial charge >= 0.3 is 0 Å². The van der Waals surface area contributed by atoms with E-state index in [1.165, 1.54) is 38.2 Å². The number of rotatable bonds is 4. The zero-order chi connectivity index (χ0) is 34.2. The van der Waals surface area contributed by atoms with Gasteiger partial charge in [-0.15, -0.1) is 0 Å². The predicted molar refractivity (Wildman–Crippen MR) is 212 cm³/mol. The summed E-state index contributed by atoms with van der Waals surface area (Å²) in [6.07, 6.45) is 0. The van der Waals surface area contributed by atoms with Crippen LogP contribution in [0.15, 0.2) is 174 Å². The van der Waals surface area contributed by atoms with E-state index in [-0.39, 0.29) is 0 Å². The number of para-hydroxylation sites is 2. The van der Waals surface area contributed by atoms with Gasteiger partial charge in [0.2, 0.25) is 0 Å². The van der Waals surface area contributed by atoms with Crippen molar-refractivity contribution in [1.29, 1.82) is 0 Å². The Labute approximate surface area is 298 Å².